The molecule has 360 valence electrons. The molecule has 5 aliphatic heterocycles. The van der Waals surface area contributed by atoms with E-state index in [1.165, 1.54) is 22.1 Å². The molecular weight excluding hydrogens is 982 g/mol. The number of allylic oxidation sites excluding steroid dienone is 12. The summed E-state index contributed by atoms with van der Waals surface area (Å²) in [5, 5.41) is 0. The number of ether oxygens (including phenoxy) is 4. The molecule has 0 N–H and O–H groups in total. The number of nitrogens with zero attached hydrogens (tertiary/aromatic N) is 4. The molecule has 0 amide bonds. The number of fused-ring (bicyclic) bond motifs is 4. The molecule has 0 saturated heterocycles. The van der Waals surface area contributed by atoms with Gasteiger partial charge in [-0.15, -0.1) is 0 Å². The van der Waals surface area contributed by atoms with Gasteiger partial charge in [-0.1, -0.05) is 144 Å². The van der Waals surface area contributed by atoms with Crippen LogP contribution in [0.15, 0.2) is 235 Å². The second-order valence-corrected chi connectivity index (χ2v) is 17.4. The van der Waals surface area contributed by atoms with E-state index in [-0.39, 0.29) is 0 Å². The van der Waals surface area contributed by atoms with Crippen LogP contribution in [0, 0.1) is 0 Å². The van der Waals surface area contributed by atoms with Crippen LogP contribution in [-0.4, -0.2) is 49.3 Å². The highest BCUT2D eigenvalue weighted by Crippen LogP contribution is 2.51. The lowest BCUT2D eigenvalue weighted by Gasteiger charge is -2.21. The summed E-state index contributed by atoms with van der Waals surface area (Å²) < 4.78 is 26.6. The Kier molecular flexibility index (Phi) is 17.1. The molecule has 0 aliphatic carbocycles. The lowest BCUT2D eigenvalue weighted by atomic mass is 9.85. The predicted molar refractivity (Wildman–Crippen MR) is 300 cm³/mol. The van der Waals surface area contributed by atoms with Crippen molar-refractivity contribution in [2.75, 3.05) is 26.4 Å². The van der Waals surface area contributed by atoms with E-state index in [1.54, 1.807) is 0 Å². The highest BCUT2D eigenvalue weighted by Gasteiger charge is 2.36. The van der Waals surface area contributed by atoms with E-state index in [0.29, 0.717) is 109 Å². The van der Waals surface area contributed by atoms with E-state index < -0.39 is 0 Å². The van der Waals surface area contributed by atoms with Gasteiger partial charge in [-0.25, -0.2) is 20.0 Å². The molecule has 0 fully saturated rings. The Hall–Kier alpha value is -7.20. The minimum Gasteiger partial charge on any atom is -0.493 e. The molecule has 0 radical (unpaired) electrons. The summed E-state index contributed by atoms with van der Waals surface area (Å²) in [6, 6.07) is 32.0. The van der Waals surface area contributed by atoms with Gasteiger partial charge in [0.1, 0.15) is 23.0 Å². The second kappa shape index (κ2) is 24.8. The van der Waals surface area contributed by atoms with Gasteiger partial charge in [0.05, 0.1) is 72.1 Å². The van der Waals surface area contributed by atoms with E-state index in [9.17, 15) is 0 Å². The minimum absolute atomic E-state index is 0.358. The molecule has 0 aromatic heterocycles. The van der Waals surface area contributed by atoms with Gasteiger partial charge in [-0.05, 0) is 72.9 Å². The van der Waals surface area contributed by atoms with E-state index in [0.717, 1.165) is 56.1 Å². The zero-order chi connectivity index (χ0) is 49.5. The first-order valence-electron chi connectivity index (χ1n) is 23.5. The second-order valence-electron chi connectivity index (χ2n) is 16.4. The monoisotopic (exact) mass is 1030 g/mol. The van der Waals surface area contributed by atoms with E-state index in [2.05, 4.69) is 30.3 Å². The highest BCUT2D eigenvalue weighted by molar-refractivity contribution is 6.51. The van der Waals surface area contributed by atoms with Gasteiger partial charge in [-0.2, -0.15) is 0 Å². The van der Waals surface area contributed by atoms with Crippen LogP contribution in [0.2, 0.25) is 0 Å². The van der Waals surface area contributed by atoms with Gasteiger partial charge in [0.15, 0.2) is 0 Å². The van der Waals surface area contributed by atoms with Crippen molar-refractivity contribution in [3.63, 3.8) is 0 Å². The van der Waals surface area contributed by atoms with E-state index in [4.69, 9.17) is 85.3 Å². The fraction of sp³-hybridized carbons (Fsp3) is 0.133. The third-order valence-electron chi connectivity index (χ3n) is 11.7. The molecule has 9 rings (SSSR count). The first-order valence-corrected chi connectivity index (χ1v) is 25.3. The largest absolute Gasteiger partial charge is 0.493 e. The van der Waals surface area contributed by atoms with Crippen LogP contribution < -0.4 is 18.9 Å². The van der Waals surface area contributed by atoms with Crippen LogP contribution in [0.4, 0.5) is 0 Å². The zero-order valence-corrected chi connectivity index (χ0v) is 42.1. The zero-order valence-electron chi connectivity index (χ0n) is 39.1. The number of rotatable bonds is 20. The molecule has 0 atom stereocenters. The molecule has 0 saturated carbocycles. The summed E-state index contributed by atoms with van der Waals surface area (Å²) in [5.41, 5.74) is 17.8. The summed E-state index contributed by atoms with van der Waals surface area (Å²) >= 11 is 23.9. The average Bonchev–Trinajstić information content (AvgIpc) is 4.23. The van der Waals surface area contributed by atoms with Crippen LogP contribution in [0.1, 0.15) is 47.9 Å². The minimum atomic E-state index is 0.358. The van der Waals surface area contributed by atoms with Crippen molar-refractivity contribution in [1.29, 1.82) is 0 Å². The molecule has 0 unspecified atom stereocenters. The SMILES string of the molecule is ClC=CCCOc1ccccc1C1=CC2=CC3=NC(=CC4=NC(=CC5=NC(=C(c6ccccc6OCCC=CCl)C1=N2)C(c1ccccc1OCCC=CCl)=C5c1ccccc1OCCC=CCl)C=C4)C=C3. The Morgan fingerprint density at radius 3 is 1.26 bits per heavy atom. The van der Waals surface area contributed by atoms with E-state index in [1.807, 2.05) is 140 Å². The molecule has 4 aromatic carbocycles. The van der Waals surface area contributed by atoms with Crippen molar-refractivity contribution >= 4 is 91.5 Å². The smallest absolute Gasteiger partial charge is 0.127 e. The number of benzene rings is 4. The highest BCUT2D eigenvalue weighted by atomic mass is 35.5. The van der Waals surface area contributed by atoms with Crippen LogP contribution in [0.5, 0.6) is 23.0 Å². The first kappa shape index (κ1) is 49.8. The Balaban J connectivity index is 1.42. The average molecular weight is 1030 g/mol. The van der Waals surface area contributed by atoms with E-state index >= 15 is 0 Å². The predicted octanol–water partition coefficient (Wildman–Crippen LogP) is 15.8. The number of halogens is 4. The summed E-state index contributed by atoms with van der Waals surface area (Å²) in [5.74, 6) is 2.60. The maximum absolute atomic E-state index is 6.71. The summed E-state index contributed by atoms with van der Waals surface area (Å²) in [6.45, 7) is 1.51. The molecule has 8 bridgehead atoms. The quantitative estimate of drug-likeness (QED) is 0.0825. The Labute approximate surface area is 440 Å². The summed E-state index contributed by atoms with van der Waals surface area (Å²) in [7, 11) is 0. The molecule has 5 aliphatic rings. The van der Waals surface area contributed by atoms with Gasteiger partial charge in [0, 0.05) is 92.4 Å². The number of hydrogen-bond acceptors (Lipinski definition) is 8. The Bertz CT molecular complexity index is 3250. The number of hydrogen-bond donors (Lipinski definition) is 0. The topological polar surface area (TPSA) is 86.4 Å². The first-order chi connectivity index (χ1) is 35.6. The third-order valence-corrected chi connectivity index (χ3v) is 12.4. The lowest BCUT2D eigenvalue weighted by Crippen LogP contribution is -2.10. The lowest BCUT2D eigenvalue weighted by molar-refractivity contribution is 0.323. The standard InChI is InChI=1S/C60H48Cl4N4O4/c61-29-9-13-33-69-52-21-5-1-17-46(52)50-39-45-38-43-26-25-41(65-43)37-42-27-28-44(66-42)40-51-56(47-18-2-6-22-53(47)70-34-14-10-30-62)57(48-19-3-7-23-54(48)71-35-15-11-31-63)60(68-51)58(59(50)67-45)49-20-4-8-24-55(49)72-36-16-12-32-64/h1-12,17-32,37-40H,13-16,33-36H2. The van der Waals surface area contributed by atoms with Crippen LogP contribution in [0.3, 0.4) is 0 Å². The van der Waals surface area contributed by atoms with Crippen LogP contribution in [-0.2, 0) is 0 Å². The maximum atomic E-state index is 6.71. The van der Waals surface area contributed by atoms with Gasteiger partial charge in [-0.3, -0.25) is 0 Å². The number of aliphatic imine (C=N–C) groups is 4. The third kappa shape index (κ3) is 11.8. The summed E-state index contributed by atoms with van der Waals surface area (Å²) in [6.07, 6.45) is 25.9. The fourth-order valence-corrected chi connectivity index (χ4v) is 9.04. The maximum Gasteiger partial charge on any atom is 0.127 e. The molecule has 4 aromatic rings. The van der Waals surface area contributed by atoms with Crippen molar-refractivity contribution in [1.82, 2.24) is 0 Å². The van der Waals surface area contributed by atoms with Crippen molar-refractivity contribution in [3.8, 4) is 23.0 Å². The van der Waals surface area contributed by atoms with Gasteiger partial charge in [0.2, 0.25) is 0 Å². The van der Waals surface area contributed by atoms with Crippen LogP contribution in [0.25, 0.3) is 22.3 Å². The normalized spacial score (nSPS) is 16.2. The van der Waals surface area contributed by atoms with Crippen molar-refractivity contribution in [3.05, 3.63) is 237 Å². The molecule has 72 heavy (non-hydrogen) atoms. The van der Waals surface area contributed by atoms with Gasteiger partial charge < -0.3 is 18.9 Å². The van der Waals surface area contributed by atoms with Gasteiger partial charge in [0.25, 0.3) is 0 Å². The van der Waals surface area contributed by atoms with Crippen molar-refractivity contribution in [2.24, 2.45) is 20.0 Å². The Morgan fingerprint density at radius 1 is 0.375 bits per heavy atom. The number of para-hydroxylation sites is 4. The van der Waals surface area contributed by atoms with Crippen molar-refractivity contribution < 1.29 is 18.9 Å². The molecule has 8 nitrogen and oxygen atoms in total. The fourth-order valence-electron chi connectivity index (χ4n) is 8.54. The Morgan fingerprint density at radius 2 is 0.778 bits per heavy atom. The summed E-state index contributed by atoms with van der Waals surface area (Å²) in [4.78, 5) is 21.5. The molecular formula is C60H48Cl4N4O4. The molecule has 12 heteroatoms. The molecule has 0 spiro atoms. The van der Waals surface area contributed by atoms with Crippen LogP contribution >= 0.6 is 46.4 Å². The van der Waals surface area contributed by atoms with Crippen molar-refractivity contribution in [2.45, 2.75) is 25.7 Å². The van der Waals surface area contributed by atoms with Gasteiger partial charge >= 0.3 is 0 Å². The molecule has 5 heterocycles.